The van der Waals surface area contributed by atoms with E-state index in [0.29, 0.717) is 27.8 Å². The Hall–Kier alpha value is -2.75. The number of alkyl halides is 3. The molecule has 176 valence electrons. The van der Waals surface area contributed by atoms with Crippen molar-refractivity contribution in [3.8, 4) is 17.0 Å². The molecule has 33 heavy (non-hydrogen) atoms. The van der Waals surface area contributed by atoms with E-state index in [1.54, 1.807) is 30.3 Å². The van der Waals surface area contributed by atoms with Gasteiger partial charge in [0.2, 0.25) is 5.95 Å². The Kier molecular flexibility index (Phi) is 7.88. The van der Waals surface area contributed by atoms with Crippen molar-refractivity contribution < 1.29 is 23.0 Å². The van der Waals surface area contributed by atoms with Crippen molar-refractivity contribution in [2.75, 3.05) is 17.2 Å². The first-order chi connectivity index (χ1) is 15.6. The molecule has 6 nitrogen and oxygen atoms in total. The van der Waals surface area contributed by atoms with Gasteiger partial charge in [0.05, 0.1) is 34.1 Å². The zero-order valence-electron chi connectivity index (χ0n) is 17.6. The minimum absolute atomic E-state index is 0.0598. The number of aromatic nitrogens is 2. The van der Waals surface area contributed by atoms with Gasteiger partial charge in [0, 0.05) is 11.6 Å². The molecular weight excluding hydrogens is 480 g/mol. The lowest BCUT2D eigenvalue weighted by molar-refractivity contribution is -0.274. The maximum absolute atomic E-state index is 12.7. The van der Waals surface area contributed by atoms with E-state index in [2.05, 4.69) is 25.3 Å². The summed E-state index contributed by atoms with van der Waals surface area (Å²) in [5.41, 5.74) is 1.17. The fraction of sp³-hybridized carbons (Fsp3) is 0.273. The van der Waals surface area contributed by atoms with Crippen LogP contribution in [0.2, 0.25) is 10.0 Å². The Morgan fingerprint density at radius 3 is 2.45 bits per heavy atom. The molecule has 0 radical (unpaired) electrons. The number of halogens is 5. The van der Waals surface area contributed by atoms with Crippen LogP contribution in [-0.2, 0) is 0 Å². The molecule has 3 aromatic rings. The number of aliphatic hydroxyl groups excluding tert-OH is 1. The van der Waals surface area contributed by atoms with Crippen LogP contribution in [0.4, 0.5) is 30.6 Å². The lowest BCUT2D eigenvalue weighted by Crippen LogP contribution is -2.30. The number of nitrogens with one attached hydrogen (secondary N) is 2. The van der Waals surface area contributed by atoms with E-state index in [-0.39, 0.29) is 35.3 Å². The van der Waals surface area contributed by atoms with E-state index in [1.807, 2.05) is 13.8 Å². The van der Waals surface area contributed by atoms with Crippen LogP contribution < -0.4 is 15.4 Å². The highest BCUT2D eigenvalue weighted by atomic mass is 35.5. The van der Waals surface area contributed by atoms with Gasteiger partial charge in [-0.25, -0.2) is 4.98 Å². The van der Waals surface area contributed by atoms with E-state index in [0.717, 1.165) is 0 Å². The number of hydrogen-bond donors (Lipinski definition) is 3. The Morgan fingerprint density at radius 2 is 1.79 bits per heavy atom. The number of aliphatic hydroxyl groups is 1. The third-order valence-electron chi connectivity index (χ3n) is 4.62. The molecule has 1 atom stereocenters. The Balaban J connectivity index is 2.03. The van der Waals surface area contributed by atoms with Crippen molar-refractivity contribution in [1.29, 1.82) is 0 Å². The van der Waals surface area contributed by atoms with E-state index in [9.17, 15) is 18.3 Å². The zero-order valence-corrected chi connectivity index (χ0v) is 19.1. The van der Waals surface area contributed by atoms with Gasteiger partial charge in [-0.2, -0.15) is 4.98 Å². The highest BCUT2D eigenvalue weighted by Crippen LogP contribution is 2.33. The van der Waals surface area contributed by atoms with Gasteiger partial charge in [0.25, 0.3) is 0 Å². The molecule has 2 aromatic carbocycles. The van der Waals surface area contributed by atoms with E-state index in [1.165, 1.54) is 18.2 Å². The molecule has 0 bridgehead atoms. The van der Waals surface area contributed by atoms with E-state index >= 15 is 0 Å². The Labute approximate surface area is 198 Å². The van der Waals surface area contributed by atoms with Crippen molar-refractivity contribution >= 4 is 40.7 Å². The van der Waals surface area contributed by atoms with Gasteiger partial charge in [0.15, 0.2) is 0 Å². The summed E-state index contributed by atoms with van der Waals surface area (Å²) in [6, 6.07) is 11.7. The number of benzene rings is 2. The van der Waals surface area contributed by atoms with Crippen LogP contribution in [-0.4, -0.2) is 34.1 Å². The number of nitrogens with zero attached hydrogens (tertiary/aromatic N) is 2. The van der Waals surface area contributed by atoms with Crippen LogP contribution in [0.3, 0.4) is 0 Å². The molecule has 1 heterocycles. The quantitative estimate of drug-likeness (QED) is 0.326. The molecule has 0 saturated heterocycles. The van der Waals surface area contributed by atoms with Gasteiger partial charge in [-0.3, -0.25) is 0 Å². The summed E-state index contributed by atoms with van der Waals surface area (Å²) in [7, 11) is 0. The number of ether oxygens (including phenoxy) is 1. The number of rotatable bonds is 8. The van der Waals surface area contributed by atoms with E-state index < -0.39 is 6.36 Å². The fourth-order valence-electron chi connectivity index (χ4n) is 2.90. The fourth-order valence-corrected chi connectivity index (χ4v) is 3.25. The molecule has 0 aliphatic rings. The third kappa shape index (κ3) is 6.86. The summed E-state index contributed by atoms with van der Waals surface area (Å²) in [4.78, 5) is 8.84. The molecule has 0 unspecified atom stereocenters. The molecular formula is C22H21Cl2F3N4O2. The highest BCUT2D eigenvalue weighted by Gasteiger charge is 2.31. The predicted octanol–water partition coefficient (Wildman–Crippen LogP) is 6.52. The lowest BCUT2D eigenvalue weighted by atomic mass is 10.1. The average molecular weight is 501 g/mol. The van der Waals surface area contributed by atoms with E-state index in [4.69, 9.17) is 23.2 Å². The van der Waals surface area contributed by atoms with Crippen LogP contribution in [0.15, 0.2) is 48.5 Å². The van der Waals surface area contributed by atoms with Gasteiger partial charge in [-0.1, -0.05) is 55.2 Å². The van der Waals surface area contributed by atoms with Gasteiger partial charge in [-0.05, 0) is 30.2 Å². The molecule has 0 saturated carbocycles. The van der Waals surface area contributed by atoms with Crippen molar-refractivity contribution in [1.82, 2.24) is 9.97 Å². The normalized spacial score (nSPS) is 12.5. The van der Waals surface area contributed by atoms with Crippen LogP contribution >= 0.6 is 23.2 Å². The summed E-state index contributed by atoms with van der Waals surface area (Å²) in [6.07, 6.45) is -4.82. The number of hydrogen-bond acceptors (Lipinski definition) is 6. The van der Waals surface area contributed by atoms with Crippen molar-refractivity contribution in [2.24, 2.45) is 5.92 Å². The smallest absolute Gasteiger partial charge is 0.406 e. The van der Waals surface area contributed by atoms with Crippen LogP contribution in [0, 0.1) is 5.92 Å². The number of anilines is 3. The highest BCUT2D eigenvalue weighted by molar-refractivity contribution is 6.43. The molecule has 0 aliphatic heterocycles. The zero-order chi connectivity index (χ0) is 24.2. The second kappa shape index (κ2) is 10.5. The standard InChI is InChI=1S/C22H21Cl2F3N4O2/c1-12(2)18(11-32)30-21-29-17(13-5-3-6-14(9-13)33-22(25,26)27)10-19(31-21)28-16-8-4-7-15(23)20(16)24/h3-10,12,18,32H,11H2,1-2H3,(H2,28,29,30,31)/t18-/m1/s1. The monoisotopic (exact) mass is 500 g/mol. The minimum Gasteiger partial charge on any atom is -0.406 e. The molecule has 3 N–H and O–H groups in total. The molecule has 11 heteroatoms. The summed E-state index contributed by atoms with van der Waals surface area (Å²) in [5, 5.41) is 16.4. The van der Waals surface area contributed by atoms with Crippen LogP contribution in [0.1, 0.15) is 13.8 Å². The van der Waals surface area contributed by atoms with Crippen molar-refractivity contribution in [3.63, 3.8) is 0 Å². The molecule has 1 aromatic heterocycles. The predicted molar refractivity (Wildman–Crippen MR) is 123 cm³/mol. The van der Waals surface area contributed by atoms with Crippen molar-refractivity contribution in [2.45, 2.75) is 26.3 Å². The van der Waals surface area contributed by atoms with Crippen molar-refractivity contribution in [3.05, 3.63) is 58.6 Å². The molecule has 0 fully saturated rings. The molecule has 3 rings (SSSR count). The lowest BCUT2D eigenvalue weighted by Gasteiger charge is -2.21. The maximum atomic E-state index is 12.7. The van der Waals surface area contributed by atoms with Gasteiger partial charge < -0.3 is 20.5 Å². The van der Waals surface area contributed by atoms with Gasteiger partial charge >= 0.3 is 6.36 Å². The summed E-state index contributed by atoms with van der Waals surface area (Å²) in [6.45, 7) is 3.67. The first-order valence-electron chi connectivity index (χ1n) is 9.89. The maximum Gasteiger partial charge on any atom is 0.573 e. The van der Waals surface area contributed by atoms with Crippen LogP contribution in [0.5, 0.6) is 5.75 Å². The summed E-state index contributed by atoms with van der Waals surface area (Å²) in [5.74, 6) is 0.165. The Bertz CT molecular complexity index is 1110. The van der Waals surface area contributed by atoms with Crippen LogP contribution in [0.25, 0.3) is 11.3 Å². The Morgan fingerprint density at radius 1 is 1.06 bits per heavy atom. The topological polar surface area (TPSA) is 79.3 Å². The first-order valence-corrected chi connectivity index (χ1v) is 10.6. The minimum atomic E-state index is -4.82. The first kappa shape index (κ1) is 24.9. The summed E-state index contributed by atoms with van der Waals surface area (Å²) < 4.78 is 42.0. The SMILES string of the molecule is CC(C)[C@@H](CO)Nc1nc(Nc2cccc(Cl)c2Cl)cc(-c2cccc(OC(F)(F)F)c2)n1. The second-order valence-electron chi connectivity index (χ2n) is 7.44. The average Bonchev–Trinajstić information content (AvgIpc) is 2.74. The second-order valence-corrected chi connectivity index (χ2v) is 8.23. The van der Waals surface area contributed by atoms with Gasteiger partial charge in [-0.15, -0.1) is 13.2 Å². The molecule has 0 amide bonds. The molecule has 0 aliphatic carbocycles. The molecule has 0 spiro atoms. The largest absolute Gasteiger partial charge is 0.573 e. The summed E-state index contributed by atoms with van der Waals surface area (Å²) >= 11 is 12.3. The van der Waals surface area contributed by atoms with Gasteiger partial charge in [0.1, 0.15) is 11.6 Å². The third-order valence-corrected chi connectivity index (χ3v) is 5.44.